The van der Waals surface area contributed by atoms with Gasteiger partial charge in [-0.05, 0) is 37.2 Å². The van der Waals surface area contributed by atoms with E-state index in [4.69, 9.17) is 4.42 Å². The van der Waals surface area contributed by atoms with Gasteiger partial charge in [0, 0.05) is 18.4 Å². The van der Waals surface area contributed by atoms with E-state index in [-0.39, 0.29) is 5.91 Å². The topological polar surface area (TPSA) is 85.0 Å². The normalized spacial score (nSPS) is 14.7. The van der Waals surface area contributed by atoms with Crippen LogP contribution >= 0.6 is 11.8 Å². The molecule has 1 saturated heterocycles. The molecule has 4 rings (SSSR count). The summed E-state index contributed by atoms with van der Waals surface area (Å²) in [5.74, 6) is 0.585. The standard InChI is InChI=1S/C16H15N5O2S/c1-10-4-5-12-11(7-10)15(18-9-17-12)24-16-20-19-13(23-16)8-21-6-2-3-14(21)22/h4-5,7,9H,2-3,6,8H2,1H3. The number of carbonyl (C=O) groups is 1. The predicted molar refractivity (Wildman–Crippen MR) is 87.3 cm³/mol. The van der Waals surface area contributed by atoms with Gasteiger partial charge >= 0.3 is 0 Å². The lowest BCUT2D eigenvalue weighted by Crippen LogP contribution is -2.23. The van der Waals surface area contributed by atoms with Gasteiger partial charge in [0.2, 0.25) is 11.8 Å². The molecule has 122 valence electrons. The molecule has 7 nitrogen and oxygen atoms in total. The summed E-state index contributed by atoms with van der Waals surface area (Å²) < 4.78 is 5.66. The molecule has 1 aliphatic rings. The molecule has 1 amide bonds. The number of likely N-dealkylation sites (tertiary alicyclic amines) is 1. The summed E-state index contributed by atoms with van der Waals surface area (Å²) >= 11 is 1.31. The minimum Gasteiger partial charge on any atom is -0.414 e. The van der Waals surface area contributed by atoms with Crippen molar-refractivity contribution in [2.45, 2.75) is 36.6 Å². The van der Waals surface area contributed by atoms with Crippen molar-refractivity contribution in [2.24, 2.45) is 0 Å². The Balaban J connectivity index is 1.56. The van der Waals surface area contributed by atoms with E-state index in [0.29, 0.717) is 24.1 Å². The molecule has 0 unspecified atom stereocenters. The average molecular weight is 341 g/mol. The van der Waals surface area contributed by atoms with Gasteiger partial charge < -0.3 is 9.32 Å². The summed E-state index contributed by atoms with van der Waals surface area (Å²) in [5.41, 5.74) is 2.01. The number of benzene rings is 1. The van der Waals surface area contributed by atoms with Crippen LogP contribution in [0.2, 0.25) is 0 Å². The molecule has 1 fully saturated rings. The molecular weight excluding hydrogens is 326 g/mol. The van der Waals surface area contributed by atoms with Crippen LogP contribution in [0.3, 0.4) is 0 Å². The van der Waals surface area contributed by atoms with Gasteiger partial charge in [-0.2, -0.15) is 0 Å². The quantitative estimate of drug-likeness (QED) is 0.674. The molecule has 24 heavy (non-hydrogen) atoms. The number of hydrogen-bond donors (Lipinski definition) is 0. The van der Waals surface area contributed by atoms with Crippen LogP contribution in [-0.4, -0.2) is 37.5 Å². The van der Waals surface area contributed by atoms with Gasteiger partial charge in [0.05, 0.1) is 12.1 Å². The fraction of sp³-hybridized carbons (Fsp3) is 0.312. The summed E-state index contributed by atoms with van der Waals surface area (Å²) in [6, 6.07) is 6.02. The van der Waals surface area contributed by atoms with Crippen molar-refractivity contribution in [3.63, 3.8) is 0 Å². The number of aromatic nitrogens is 4. The number of amides is 1. The smallest absolute Gasteiger partial charge is 0.283 e. The third-order valence-corrected chi connectivity index (χ3v) is 4.74. The van der Waals surface area contributed by atoms with Crippen LogP contribution in [0.15, 0.2) is 39.2 Å². The molecule has 2 aromatic heterocycles. The minimum absolute atomic E-state index is 0.139. The summed E-state index contributed by atoms with van der Waals surface area (Å²) in [6.07, 6.45) is 3.02. The minimum atomic E-state index is 0.139. The molecule has 0 aliphatic carbocycles. The zero-order chi connectivity index (χ0) is 16.5. The molecule has 0 saturated carbocycles. The third-order valence-electron chi connectivity index (χ3n) is 3.88. The van der Waals surface area contributed by atoms with Gasteiger partial charge in [0.1, 0.15) is 11.4 Å². The fourth-order valence-electron chi connectivity index (χ4n) is 2.69. The lowest BCUT2D eigenvalue weighted by atomic mass is 10.2. The van der Waals surface area contributed by atoms with Gasteiger partial charge in [0.25, 0.3) is 5.22 Å². The van der Waals surface area contributed by atoms with Crippen LogP contribution in [-0.2, 0) is 11.3 Å². The number of nitrogens with zero attached hydrogens (tertiary/aromatic N) is 5. The van der Waals surface area contributed by atoms with Crippen molar-refractivity contribution in [3.8, 4) is 0 Å². The number of fused-ring (bicyclic) bond motifs is 1. The average Bonchev–Trinajstić information content (AvgIpc) is 3.18. The van der Waals surface area contributed by atoms with E-state index in [0.717, 1.165) is 34.5 Å². The summed E-state index contributed by atoms with van der Waals surface area (Å²) in [7, 11) is 0. The van der Waals surface area contributed by atoms with E-state index in [9.17, 15) is 4.79 Å². The van der Waals surface area contributed by atoms with Crippen LogP contribution in [0.1, 0.15) is 24.3 Å². The molecule has 0 radical (unpaired) electrons. The molecule has 0 bridgehead atoms. The van der Waals surface area contributed by atoms with Crippen molar-refractivity contribution in [1.29, 1.82) is 0 Å². The maximum absolute atomic E-state index is 11.7. The first-order valence-corrected chi connectivity index (χ1v) is 8.50. The van der Waals surface area contributed by atoms with Gasteiger partial charge in [-0.3, -0.25) is 4.79 Å². The third kappa shape index (κ3) is 2.96. The monoisotopic (exact) mass is 341 g/mol. The van der Waals surface area contributed by atoms with Crippen LogP contribution in [0.25, 0.3) is 10.9 Å². The highest BCUT2D eigenvalue weighted by atomic mass is 32.2. The van der Waals surface area contributed by atoms with Gasteiger partial charge in [-0.15, -0.1) is 10.2 Å². The molecule has 1 aromatic carbocycles. The van der Waals surface area contributed by atoms with Crippen LogP contribution < -0.4 is 0 Å². The first-order valence-electron chi connectivity index (χ1n) is 7.68. The molecule has 1 aliphatic heterocycles. The van der Waals surface area contributed by atoms with E-state index in [1.807, 2.05) is 25.1 Å². The van der Waals surface area contributed by atoms with E-state index in [1.165, 1.54) is 18.1 Å². The van der Waals surface area contributed by atoms with Gasteiger partial charge in [0.15, 0.2) is 0 Å². The molecule has 3 aromatic rings. The molecular formula is C16H15N5O2S. The Labute approximate surface area is 142 Å². The fourth-order valence-corrected chi connectivity index (χ4v) is 3.45. The van der Waals surface area contributed by atoms with Crippen LogP contribution in [0.4, 0.5) is 0 Å². The molecule has 0 atom stereocenters. The molecule has 3 heterocycles. The first kappa shape index (κ1) is 15.1. The van der Waals surface area contributed by atoms with E-state index < -0.39 is 0 Å². The SMILES string of the molecule is Cc1ccc2ncnc(Sc3nnc(CN4CCCC4=O)o3)c2c1. The highest BCUT2D eigenvalue weighted by Gasteiger charge is 2.22. The highest BCUT2D eigenvalue weighted by Crippen LogP contribution is 2.30. The second kappa shape index (κ2) is 6.20. The Morgan fingerprint density at radius 1 is 1.29 bits per heavy atom. The molecule has 0 spiro atoms. The highest BCUT2D eigenvalue weighted by molar-refractivity contribution is 7.99. The largest absolute Gasteiger partial charge is 0.414 e. The molecule has 0 N–H and O–H groups in total. The number of aryl methyl sites for hydroxylation is 1. The lowest BCUT2D eigenvalue weighted by Gasteiger charge is -2.11. The zero-order valence-corrected chi connectivity index (χ0v) is 13.9. The number of hydrogen-bond acceptors (Lipinski definition) is 7. The van der Waals surface area contributed by atoms with Crippen molar-refractivity contribution in [1.82, 2.24) is 25.1 Å². The maximum Gasteiger partial charge on any atom is 0.283 e. The Morgan fingerprint density at radius 2 is 2.21 bits per heavy atom. The van der Waals surface area contributed by atoms with Crippen molar-refractivity contribution in [2.75, 3.05) is 6.54 Å². The predicted octanol–water partition coefficient (Wildman–Crippen LogP) is 2.59. The van der Waals surface area contributed by atoms with Gasteiger partial charge in [-0.1, -0.05) is 11.6 Å². The van der Waals surface area contributed by atoms with Gasteiger partial charge in [-0.25, -0.2) is 9.97 Å². The zero-order valence-electron chi connectivity index (χ0n) is 13.1. The van der Waals surface area contributed by atoms with Crippen LogP contribution in [0.5, 0.6) is 0 Å². The Bertz CT molecular complexity index is 910. The summed E-state index contributed by atoms with van der Waals surface area (Å²) in [4.78, 5) is 22.0. The Morgan fingerprint density at radius 3 is 3.04 bits per heavy atom. The summed E-state index contributed by atoms with van der Waals surface area (Å²) in [6.45, 7) is 3.15. The second-order valence-corrected chi connectivity index (χ2v) is 6.62. The number of rotatable bonds is 4. The van der Waals surface area contributed by atoms with E-state index in [1.54, 1.807) is 4.90 Å². The molecule has 8 heteroatoms. The summed E-state index contributed by atoms with van der Waals surface area (Å²) in [5, 5.41) is 10.2. The van der Waals surface area contributed by atoms with Crippen LogP contribution in [0, 0.1) is 6.92 Å². The van der Waals surface area contributed by atoms with E-state index in [2.05, 4.69) is 20.2 Å². The van der Waals surface area contributed by atoms with Crippen molar-refractivity contribution < 1.29 is 9.21 Å². The first-order chi connectivity index (χ1) is 11.7. The lowest BCUT2D eigenvalue weighted by molar-refractivity contribution is -0.128. The maximum atomic E-state index is 11.7. The second-order valence-electron chi connectivity index (χ2n) is 5.68. The Hall–Kier alpha value is -2.48. The Kier molecular flexibility index (Phi) is 3.89. The van der Waals surface area contributed by atoms with Crippen molar-refractivity contribution >= 4 is 28.6 Å². The number of carbonyl (C=O) groups excluding carboxylic acids is 1. The van der Waals surface area contributed by atoms with Crippen molar-refractivity contribution in [3.05, 3.63) is 36.0 Å². The van der Waals surface area contributed by atoms with E-state index >= 15 is 0 Å².